The Labute approximate surface area is 85.5 Å². The quantitative estimate of drug-likeness (QED) is 0.813. The summed E-state index contributed by atoms with van der Waals surface area (Å²) in [6.45, 7) is 0. The predicted octanol–water partition coefficient (Wildman–Crippen LogP) is 1.58. The Morgan fingerprint density at radius 2 is 2.21 bits per heavy atom. The summed E-state index contributed by atoms with van der Waals surface area (Å²) < 4.78 is 5.27. The number of aromatic carboxylic acids is 1. The second kappa shape index (κ2) is 2.98. The van der Waals surface area contributed by atoms with Gasteiger partial charge in [-0.1, -0.05) is 15.9 Å². The summed E-state index contributed by atoms with van der Waals surface area (Å²) in [7, 11) is 0. The Hall–Kier alpha value is -1.56. The Balaban J connectivity index is 2.92. The van der Waals surface area contributed by atoms with Crippen LogP contribution in [0.4, 0.5) is 0 Å². The van der Waals surface area contributed by atoms with Crippen molar-refractivity contribution in [2.45, 2.75) is 0 Å². The fourth-order valence-electron chi connectivity index (χ4n) is 1.18. The van der Waals surface area contributed by atoms with E-state index in [1.54, 1.807) is 6.07 Å². The number of benzene rings is 1. The molecule has 0 saturated carbocycles. The van der Waals surface area contributed by atoms with Crippen LogP contribution >= 0.6 is 15.9 Å². The van der Waals surface area contributed by atoms with Crippen LogP contribution in [0.3, 0.4) is 0 Å². The third-order valence-electron chi connectivity index (χ3n) is 1.72. The monoisotopic (exact) mass is 257 g/mol. The summed E-state index contributed by atoms with van der Waals surface area (Å²) in [6.07, 6.45) is 0. The number of aromatic nitrogens is 1. The predicted molar refractivity (Wildman–Crippen MR) is 51.5 cm³/mol. The number of nitrogens with one attached hydrogen (secondary N) is 1. The summed E-state index contributed by atoms with van der Waals surface area (Å²) in [6, 6.07) is 2.95. The normalized spacial score (nSPS) is 10.6. The van der Waals surface area contributed by atoms with E-state index in [9.17, 15) is 9.59 Å². The standard InChI is InChI=1S/C8H4BrNO4/c9-3-1-4(7(11)12)6-5(2-3)10-8(13)14-6/h1-2H,(H,10,13)(H,11,12). The zero-order valence-corrected chi connectivity index (χ0v) is 8.29. The fraction of sp³-hybridized carbons (Fsp3) is 0. The van der Waals surface area contributed by atoms with Gasteiger partial charge in [0.1, 0.15) is 5.56 Å². The number of aromatic amines is 1. The molecular formula is C8H4BrNO4. The molecule has 72 valence electrons. The van der Waals surface area contributed by atoms with Crippen molar-refractivity contribution >= 4 is 33.0 Å². The van der Waals surface area contributed by atoms with Gasteiger partial charge in [-0.3, -0.25) is 4.98 Å². The van der Waals surface area contributed by atoms with Gasteiger partial charge in [-0.05, 0) is 12.1 Å². The van der Waals surface area contributed by atoms with E-state index in [-0.39, 0.29) is 11.1 Å². The molecule has 0 aliphatic rings. The molecule has 1 heterocycles. The van der Waals surface area contributed by atoms with Crippen molar-refractivity contribution in [3.8, 4) is 0 Å². The lowest BCUT2D eigenvalue weighted by molar-refractivity contribution is 0.0697. The lowest BCUT2D eigenvalue weighted by atomic mass is 10.2. The van der Waals surface area contributed by atoms with Gasteiger partial charge in [0.05, 0.1) is 5.52 Å². The van der Waals surface area contributed by atoms with Crippen molar-refractivity contribution in [3.63, 3.8) is 0 Å². The highest BCUT2D eigenvalue weighted by Crippen LogP contribution is 2.21. The van der Waals surface area contributed by atoms with E-state index in [2.05, 4.69) is 20.9 Å². The van der Waals surface area contributed by atoms with Crippen LogP contribution in [0.2, 0.25) is 0 Å². The van der Waals surface area contributed by atoms with E-state index in [4.69, 9.17) is 9.52 Å². The Bertz CT molecular complexity index is 568. The van der Waals surface area contributed by atoms with Gasteiger partial charge in [-0.2, -0.15) is 0 Å². The van der Waals surface area contributed by atoms with Crippen LogP contribution in [0.25, 0.3) is 11.1 Å². The first-order valence-electron chi connectivity index (χ1n) is 3.63. The number of halogens is 1. The van der Waals surface area contributed by atoms with Gasteiger partial charge < -0.3 is 9.52 Å². The summed E-state index contributed by atoms with van der Waals surface area (Å²) >= 11 is 3.13. The van der Waals surface area contributed by atoms with Crippen molar-refractivity contribution in [1.82, 2.24) is 4.98 Å². The molecule has 0 unspecified atom stereocenters. The molecule has 0 aliphatic carbocycles. The van der Waals surface area contributed by atoms with Crippen molar-refractivity contribution in [1.29, 1.82) is 0 Å². The summed E-state index contributed by atoms with van der Waals surface area (Å²) in [5.74, 6) is -1.81. The molecule has 0 radical (unpaired) electrons. The molecule has 0 aliphatic heterocycles. The second-order valence-corrected chi connectivity index (χ2v) is 3.57. The Morgan fingerprint density at radius 1 is 1.50 bits per heavy atom. The molecule has 0 bridgehead atoms. The number of H-pyrrole nitrogens is 1. The minimum Gasteiger partial charge on any atom is -0.478 e. The van der Waals surface area contributed by atoms with E-state index in [0.717, 1.165) is 0 Å². The molecule has 0 spiro atoms. The molecule has 0 amide bonds. The molecule has 6 heteroatoms. The molecule has 2 aromatic rings. The van der Waals surface area contributed by atoms with Gasteiger partial charge in [0.2, 0.25) is 0 Å². The summed E-state index contributed by atoms with van der Waals surface area (Å²) in [4.78, 5) is 24.0. The van der Waals surface area contributed by atoms with Crippen LogP contribution in [-0.2, 0) is 0 Å². The first-order chi connectivity index (χ1) is 6.58. The third kappa shape index (κ3) is 1.33. The lowest BCUT2D eigenvalue weighted by Gasteiger charge is -1.95. The Kier molecular flexibility index (Phi) is 1.92. The number of rotatable bonds is 1. The van der Waals surface area contributed by atoms with Crippen molar-refractivity contribution < 1.29 is 14.3 Å². The van der Waals surface area contributed by atoms with Gasteiger partial charge in [0.15, 0.2) is 5.58 Å². The van der Waals surface area contributed by atoms with Crippen LogP contribution in [0, 0.1) is 0 Å². The molecule has 0 saturated heterocycles. The summed E-state index contributed by atoms with van der Waals surface area (Å²) in [5.41, 5.74) is 0.375. The first-order valence-corrected chi connectivity index (χ1v) is 4.43. The number of hydrogen-bond donors (Lipinski definition) is 2. The highest BCUT2D eigenvalue weighted by molar-refractivity contribution is 9.10. The molecule has 0 fully saturated rings. The van der Waals surface area contributed by atoms with Gasteiger partial charge in [0, 0.05) is 4.47 Å². The number of carboxylic acids is 1. The summed E-state index contributed by atoms with van der Waals surface area (Å²) in [5, 5.41) is 8.82. The van der Waals surface area contributed by atoms with Crippen LogP contribution < -0.4 is 5.76 Å². The molecular weight excluding hydrogens is 254 g/mol. The minimum atomic E-state index is -1.14. The molecule has 2 N–H and O–H groups in total. The van der Waals surface area contributed by atoms with E-state index in [1.807, 2.05) is 0 Å². The molecule has 1 aromatic carbocycles. The van der Waals surface area contributed by atoms with E-state index in [0.29, 0.717) is 9.99 Å². The smallest absolute Gasteiger partial charge is 0.417 e. The lowest BCUT2D eigenvalue weighted by Crippen LogP contribution is -1.96. The average Bonchev–Trinajstić information content (AvgIpc) is 2.42. The fourth-order valence-corrected chi connectivity index (χ4v) is 1.64. The zero-order chi connectivity index (χ0) is 10.3. The van der Waals surface area contributed by atoms with Gasteiger partial charge in [0.25, 0.3) is 0 Å². The van der Waals surface area contributed by atoms with Gasteiger partial charge >= 0.3 is 11.7 Å². The average molecular weight is 258 g/mol. The number of carboxylic acid groups (broad SMARTS) is 1. The van der Waals surface area contributed by atoms with E-state index >= 15 is 0 Å². The molecule has 1 aromatic heterocycles. The number of hydrogen-bond acceptors (Lipinski definition) is 3. The molecule has 14 heavy (non-hydrogen) atoms. The van der Waals surface area contributed by atoms with Crippen LogP contribution in [0.5, 0.6) is 0 Å². The Morgan fingerprint density at radius 3 is 2.86 bits per heavy atom. The zero-order valence-electron chi connectivity index (χ0n) is 6.70. The maximum atomic E-state index is 10.8. The van der Waals surface area contributed by atoms with Gasteiger partial charge in [-0.25, -0.2) is 9.59 Å². The van der Waals surface area contributed by atoms with Crippen LogP contribution in [0.15, 0.2) is 25.8 Å². The van der Waals surface area contributed by atoms with Crippen LogP contribution in [-0.4, -0.2) is 16.1 Å². The minimum absolute atomic E-state index is 0.0484. The largest absolute Gasteiger partial charge is 0.478 e. The third-order valence-corrected chi connectivity index (χ3v) is 2.17. The van der Waals surface area contributed by atoms with Gasteiger partial charge in [-0.15, -0.1) is 0 Å². The molecule has 2 rings (SSSR count). The number of oxazole rings is 1. The van der Waals surface area contributed by atoms with Crippen molar-refractivity contribution in [2.24, 2.45) is 0 Å². The number of carbonyl (C=O) groups is 1. The highest BCUT2D eigenvalue weighted by Gasteiger charge is 2.14. The molecule has 0 atom stereocenters. The van der Waals surface area contributed by atoms with Crippen molar-refractivity contribution in [2.75, 3.05) is 0 Å². The SMILES string of the molecule is O=C(O)c1cc(Br)cc2[nH]c(=O)oc12. The number of fused-ring (bicyclic) bond motifs is 1. The molecule has 5 nitrogen and oxygen atoms in total. The topological polar surface area (TPSA) is 83.3 Å². The van der Waals surface area contributed by atoms with Crippen molar-refractivity contribution in [3.05, 3.63) is 32.7 Å². The highest BCUT2D eigenvalue weighted by atomic mass is 79.9. The first kappa shape index (κ1) is 9.01. The van der Waals surface area contributed by atoms with E-state index < -0.39 is 11.7 Å². The second-order valence-electron chi connectivity index (χ2n) is 2.65. The maximum Gasteiger partial charge on any atom is 0.417 e. The van der Waals surface area contributed by atoms with E-state index in [1.165, 1.54) is 6.07 Å². The maximum absolute atomic E-state index is 10.8. The van der Waals surface area contributed by atoms with Crippen LogP contribution in [0.1, 0.15) is 10.4 Å².